The van der Waals surface area contributed by atoms with Crippen molar-refractivity contribution in [1.82, 2.24) is 10.1 Å². The number of ether oxygens (including phenoxy) is 1. The fraction of sp³-hybridized carbons (Fsp3) is 0.375. The Morgan fingerprint density at radius 2 is 1.94 bits per heavy atom. The zero-order valence-electron chi connectivity index (χ0n) is 17.5. The molecule has 1 heterocycles. The molecule has 7 heteroatoms. The molecule has 1 aliphatic rings. The number of aromatic nitrogens is 2. The Morgan fingerprint density at radius 3 is 2.61 bits per heavy atom. The Bertz CT molecular complexity index is 1060. The Balaban J connectivity index is 1.47. The molecule has 0 bridgehead atoms. The highest BCUT2D eigenvalue weighted by atomic mass is 35.5. The summed E-state index contributed by atoms with van der Waals surface area (Å²) >= 11 is 6.32. The Labute approximate surface area is 186 Å². The third-order valence-corrected chi connectivity index (χ3v) is 5.95. The first kappa shape index (κ1) is 21.4. The lowest BCUT2D eigenvalue weighted by atomic mass is 9.89. The van der Waals surface area contributed by atoms with Gasteiger partial charge in [0.15, 0.2) is 0 Å². The van der Waals surface area contributed by atoms with E-state index in [-0.39, 0.29) is 17.9 Å². The van der Waals surface area contributed by atoms with E-state index < -0.39 is 5.97 Å². The number of hydrogen-bond donors (Lipinski definition) is 1. The van der Waals surface area contributed by atoms with Gasteiger partial charge in [-0.3, -0.25) is 4.79 Å². The van der Waals surface area contributed by atoms with E-state index in [0.29, 0.717) is 22.5 Å². The summed E-state index contributed by atoms with van der Waals surface area (Å²) in [5.74, 6) is 0.776. The maximum Gasteiger partial charge on any atom is 0.306 e. The standard InChI is InChI=1S/C24H25ClN2O4/c1-14(2)30-21-11-10-18(13-20(21)25)22-26-23(31-27-22)16-8-6-15(7-9-16)12-17-4-3-5-19(17)24(28)29/h6-11,13-14,17,19H,3-5,12H2,1-2H3,(H,28,29)/t17-,19+/m0/s1. The molecule has 0 aliphatic heterocycles. The third-order valence-electron chi connectivity index (χ3n) is 5.65. The molecule has 2 atom stereocenters. The quantitative estimate of drug-likeness (QED) is 0.493. The van der Waals surface area contributed by atoms with Crippen molar-refractivity contribution in [3.8, 4) is 28.6 Å². The molecule has 1 fully saturated rings. The molecule has 31 heavy (non-hydrogen) atoms. The second-order valence-corrected chi connectivity index (χ2v) is 8.68. The van der Waals surface area contributed by atoms with Crippen molar-refractivity contribution in [3.63, 3.8) is 0 Å². The minimum Gasteiger partial charge on any atom is -0.489 e. The fourth-order valence-electron chi connectivity index (χ4n) is 4.14. The Kier molecular flexibility index (Phi) is 6.28. The molecule has 0 amide bonds. The molecule has 0 radical (unpaired) electrons. The molecule has 0 saturated heterocycles. The molecule has 162 valence electrons. The van der Waals surface area contributed by atoms with Crippen LogP contribution in [0, 0.1) is 11.8 Å². The monoisotopic (exact) mass is 440 g/mol. The van der Waals surface area contributed by atoms with E-state index in [4.69, 9.17) is 20.9 Å². The van der Waals surface area contributed by atoms with Gasteiger partial charge in [-0.1, -0.05) is 35.3 Å². The average molecular weight is 441 g/mol. The van der Waals surface area contributed by atoms with Crippen LogP contribution in [-0.4, -0.2) is 27.3 Å². The molecule has 3 aromatic rings. The zero-order valence-corrected chi connectivity index (χ0v) is 18.3. The van der Waals surface area contributed by atoms with Crippen LogP contribution in [0.5, 0.6) is 5.75 Å². The van der Waals surface area contributed by atoms with Gasteiger partial charge < -0.3 is 14.4 Å². The lowest BCUT2D eigenvalue weighted by Crippen LogP contribution is -2.19. The van der Waals surface area contributed by atoms with Gasteiger partial charge in [0.25, 0.3) is 5.89 Å². The molecule has 1 aliphatic carbocycles. The van der Waals surface area contributed by atoms with Gasteiger partial charge in [-0.05, 0) is 74.9 Å². The van der Waals surface area contributed by atoms with Crippen LogP contribution in [0.25, 0.3) is 22.8 Å². The van der Waals surface area contributed by atoms with Crippen molar-refractivity contribution in [2.45, 2.75) is 45.6 Å². The van der Waals surface area contributed by atoms with Gasteiger partial charge in [0.05, 0.1) is 17.0 Å². The molecule has 1 N–H and O–H groups in total. The van der Waals surface area contributed by atoms with Gasteiger partial charge in [-0.2, -0.15) is 4.98 Å². The van der Waals surface area contributed by atoms with E-state index in [9.17, 15) is 9.90 Å². The van der Waals surface area contributed by atoms with Crippen LogP contribution in [0.2, 0.25) is 5.02 Å². The van der Waals surface area contributed by atoms with E-state index in [1.54, 1.807) is 12.1 Å². The summed E-state index contributed by atoms with van der Waals surface area (Å²) < 4.78 is 11.1. The minimum atomic E-state index is -0.679. The van der Waals surface area contributed by atoms with Crippen LogP contribution in [-0.2, 0) is 11.2 Å². The number of nitrogens with zero attached hydrogens (tertiary/aromatic N) is 2. The maximum absolute atomic E-state index is 11.4. The van der Waals surface area contributed by atoms with Crippen LogP contribution < -0.4 is 4.74 Å². The Morgan fingerprint density at radius 1 is 1.19 bits per heavy atom. The first-order valence-electron chi connectivity index (χ1n) is 10.5. The number of carboxylic acid groups (broad SMARTS) is 1. The largest absolute Gasteiger partial charge is 0.489 e. The molecule has 1 saturated carbocycles. The number of halogens is 1. The van der Waals surface area contributed by atoms with E-state index in [2.05, 4.69) is 10.1 Å². The zero-order chi connectivity index (χ0) is 22.0. The first-order chi connectivity index (χ1) is 14.9. The minimum absolute atomic E-state index is 0.0341. The second kappa shape index (κ2) is 9.10. The lowest BCUT2D eigenvalue weighted by Gasteiger charge is -2.15. The fourth-order valence-corrected chi connectivity index (χ4v) is 4.36. The molecular weight excluding hydrogens is 416 g/mol. The SMILES string of the molecule is CC(C)Oc1ccc(-c2noc(-c3ccc(C[C@@H]4CCC[C@H]4C(=O)O)cc3)n2)cc1Cl. The predicted molar refractivity (Wildman–Crippen MR) is 118 cm³/mol. The predicted octanol–water partition coefficient (Wildman–Crippen LogP) is 5.89. The van der Waals surface area contributed by atoms with E-state index in [0.717, 1.165) is 42.4 Å². The van der Waals surface area contributed by atoms with Crippen molar-refractivity contribution in [2.75, 3.05) is 0 Å². The van der Waals surface area contributed by atoms with Gasteiger partial charge in [-0.25, -0.2) is 0 Å². The number of rotatable bonds is 7. The summed E-state index contributed by atoms with van der Waals surface area (Å²) in [6.45, 7) is 3.89. The third kappa shape index (κ3) is 4.90. The van der Waals surface area contributed by atoms with Gasteiger partial charge in [-0.15, -0.1) is 0 Å². The average Bonchev–Trinajstić information content (AvgIpc) is 3.40. The van der Waals surface area contributed by atoms with E-state index in [1.165, 1.54) is 0 Å². The number of benzene rings is 2. The second-order valence-electron chi connectivity index (χ2n) is 8.27. The van der Waals surface area contributed by atoms with Crippen molar-refractivity contribution in [3.05, 3.63) is 53.1 Å². The number of aliphatic carboxylic acids is 1. The number of hydrogen-bond acceptors (Lipinski definition) is 5. The first-order valence-corrected chi connectivity index (χ1v) is 10.9. The molecule has 2 aromatic carbocycles. The van der Waals surface area contributed by atoms with Crippen molar-refractivity contribution >= 4 is 17.6 Å². The normalized spacial score (nSPS) is 18.5. The van der Waals surface area contributed by atoms with Gasteiger partial charge >= 0.3 is 5.97 Å². The maximum atomic E-state index is 11.4. The van der Waals surface area contributed by atoms with Gasteiger partial charge in [0, 0.05) is 11.1 Å². The van der Waals surface area contributed by atoms with E-state index in [1.807, 2.05) is 44.2 Å². The van der Waals surface area contributed by atoms with Gasteiger partial charge in [0.1, 0.15) is 5.75 Å². The van der Waals surface area contributed by atoms with Gasteiger partial charge in [0.2, 0.25) is 5.82 Å². The summed E-state index contributed by atoms with van der Waals surface area (Å²) in [4.78, 5) is 15.9. The topological polar surface area (TPSA) is 85.5 Å². The highest BCUT2D eigenvalue weighted by Gasteiger charge is 2.32. The van der Waals surface area contributed by atoms with Crippen LogP contribution in [0.3, 0.4) is 0 Å². The molecule has 4 rings (SSSR count). The smallest absolute Gasteiger partial charge is 0.306 e. The van der Waals surface area contributed by atoms with Crippen LogP contribution in [0.1, 0.15) is 38.7 Å². The summed E-state index contributed by atoms with van der Waals surface area (Å²) in [5, 5.41) is 14.0. The summed E-state index contributed by atoms with van der Waals surface area (Å²) in [5.41, 5.74) is 2.68. The van der Waals surface area contributed by atoms with E-state index >= 15 is 0 Å². The molecule has 0 unspecified atom stereocenters. The van der Waals surface area contributed by atoms with Crippen molar-refractivity contribution in [2.24, 2.45) is 11.8 Å². The number of carbonyl (C=O) groups is 1. The molecular formula is C24H25ClN2O4. The molecule has 1 aromatic heterocycles. The summed E-state index contributed by atoms with van der Waals surface area (Å²) in [6.07, 6.45) is 3.54. The Hall–Kier alpha value is -2.86. The van der Waals surface area contributed by atoms with Crippen molar-refractivity contribution in [1.29, 1.82) is 0 Å². The summed E-state index contributed by atoms with van der Waals surface area (Å²) in [7, 11) is 0. The molecule has 0 spiro atoms. The number of carboxylic acids is 1. The lowest BCUT2D eigenvalue weighted by molar-refractivity contribution is -0.142. The molecule has 6 nitrogen and oxygen atoms in total. The van der Waals surface area contributed by atoms with Crippen LogP contribution >= 0.6 is 11.6 Å². The highest BCUT2D eigenvalue weighted by Crippen LogP contribution is 2.35. The summed E-state index contributed by atoms with van der Waals surface area (Å²) in [6, 6.07) is 13.3. The van der Waals surface area contributed by atoms with Crippen LogP contribution in [0.4, 0.5) is 0 Å². The highest BCUT2D eigenvalue weighted by molar-refractivity contribution is 6.32. The van der Waals surface area contributed by atoms with Crippen LogP contribution in [0.15, 0.2) is 47.0 Å². The van der Waals surface area contributed by atoms with Crippen molar-refractivity contribution < 1.29 is 19.2 Å².